The van der Waals surface area contributed by atoms with Gasteiger partial charge in [-0.05, 0) is 6.54 Å². The van der Waals surface area contributed by atoms with E-state index in [1.165, 1.54) is 0 Å². The summed E-state index contributed by atoms with van der Waals surface area (Å²) in [6.07, 6.45) is 3.80. The molecule has 0 aliphatic heterocycles. The summed E-state index contributed by atoms with van der Waals surface area (Å²) in [6, 6.07) is 0. The Morgan fingerprint density at radius 3 is 2.63 bits per heavy atom. The van der Waals surface area contributed by atoms with E-state index in [4.69, 9.17) is 14.2 Å². The third kappa shape index (κ3) is 7.27. The zero-order valence-corrected chi connectivity index (χ0v) is 11.9. The second kappa shape index (κ2) is 10.9. The van der Waals surface area contributed by atoms with E-state index in [0.29, 0.717) is 33.0 Å². The molecule has 19 heavy (non-hydrogen) atoms. The maximum Gasteiger partial charge on any atom is 0.122 e. The number of hydrogen-bond donors (Lipinski definition) is 1. The van der Waals surface area contributed by atoms with Crippen molar-refractivity contribution in [1.29, 1.82) is 0 Å². The summed E-state index contributed by atoms with van der Waals surface area (Å²) in [4.78, 5) is 4.31. The van der Waals surface area contributed by atoms with E-state index in [0.717, 1.165) is 25.5 Å². The zero-order valence-electron chi connectivity index (χ0n) is 11.9. The van der Waals surface area contributed by atoms with Crippen LogP contribution in [0.5, 0.6) is 0 Å². The number of aromatic nitrogens is 2. The van der Waals surface area contributed by atoms with Crippen LogP contribution in [0.25, 0.3) is 0 Å². The highest BCUT2D eigenvalue weighted by Crippen LogP contribution is 1.97. The molecule has 0 spiro atoms. The Balaban J connectivity index is 2.04. The van der Waals surface area contributed by atoms with Crippen molar-refractivity contribution in [1.82, 2.24) is 14.9 Å². The minimum Gasteiger partial charge on any atom is -0.382 e. The van der Waals surface area contributed by atoms with Crippen LogP contribution < -0.4 is 5.32 Å². The fraction of sp³-hybridized carbons (Fsp3) is 0.769. The van der Waals surface area contributed by atoms with Gasteiger partial charge in [-0.2, -0.15) is 0 Å². The van der Waals surface area contributed by atoms with E-state index in [1.807, 2.05) is 12.4 Å². The molecule has 0 saturated carbocycles. The van der Waals surface area contributed by atoms with Gasteiger partial charge >= 0.3 is 0 Å². The van der Waals surface area contributed by atoms with Gasteiger partial charge in [-0.1, -0.05) is 6.92 Å². The van der Waals surface area contributed by atoms with Crippen molar-refractivity contribution in [2.45, 2.75) is 20.0 Å². The van der Waals surface area contributed by atoms with Crippen molar-refractivity contribution in [2.75, 3.05) is 46.7 Å². The Morgan fingerprint density at radius 1 is 1.16 bits per heavy atom. The summed E-state index contributed by atoms with van der Waals surface area (Å²) < 4.78 is 17.8. The average Bonchev–Trinajstić information content (AvgIpc) is 2.87. The molecule has 6 heteroatoms. The first-order valence-electron chi connectivity index (χ1n) is 6.73. The van der Waals surface area contributed by atoms with Crippen molar-refractivity contribution in [2.24, 2.45) is 0 Å². The Morgan fingerprint density at radius 2 is 1.89 bits per heavy atom. The number of nitrogens with zero attached hydrogens (tertiary/aromatic N) is 2. The van der Waals surface area contributed by atoms with Crippen LogP contribution >= 0.6 is 0 Å². The standard InChI is InChI=1S/C13H25N3O3/c1-3-14-12-13-15-4-5-16(13)6-7-18-10-11-19-9-8-17-2/h4-5,14H,3,6-12H2,1-2H3. The first-order chi connectivity index (χ1) is 9.38. The Hall–Kier alpha value is -0.950. The van der Waals surface area contributed by atoms with E-state index in [-0.39, 0.29) is 0 Å². The van der Waals surface area contributed by atoms with Crippen molar-refractivity contribution in [3.8, 4) is 0 Å². The molecular weight excluding hydrogens is 246 g/mol. The predicted molar refractivity (Wildman–Crippen MR) is 73.1 cm³/mol. The van der Waals surface area contributed by atoms with E-state index in [2.05, 4.69) is 21.8 Å². The first-order valence-corrected chi connectivity index (χ1v) is 6.73. The largest absolute Gasteiger partial charge is 0.382 e. The molecule has 0 saturated heterocycles. The van der Waals surface area contributed by atoms with Crippen LogP contribution in [-0.4, -0.2) is 56.2 Å². The maximum atomic E-state index is 5.51. The molecule has 0 fully saturated rings. The maximum absolute atomic E-state index is 5.51. The van der Waals surface area contributed by atoms with Crippen molar-refractivity contribution in [3.63, 3.8) is 0 Å². The lowest BCUT2D eigenvalue weighted by atomic mass is 10.5. The number of ether oxygens (including phenoxy) is 3. The van der Waals surface area contributed by atoms with Crippen molar-refractivity contribution < 1.29 is 14.2 Å². The average molecular weight is 271 g/mol. The van der Waals surface area contributed by atoms with E-state index < -0.39 is 0 Å². The minimum atomic E-state index is 0.609. The number of nitrogens with one attached hydrogen (secondary N) is 1. The van der Waals surface area contributed by atoms with Crippen LogP contribution in [0.1, 0.15) is 12.7 Å². The van der Waals surface area contributed by atoms with E-state index in [1.54, 1.807) is 7.11 Å². The van der Waals surface area contributed by atoms with Crippen LogP contribution in [0.15, 0.2) is 12.4 Å². The van der Waals surface area contributed by atoms with E-state index in [9.17, 15) is 0 Å². The van der Waals surface area contributed by atoms with Crippen LogP contribution in [0, 0.1) is 0 Å². The van der Waals surface area contributed by atoms with Crippen LogP contribution in [0.2, 0.25) is 0 Å². The van der Waals surface area contributed by atoms with Crippen molar-refractivity contribution in [3.05, 3.63) is 18.2 Å². The fourth-order valence-electron chi connectivity index (χ4n) is 1.57. The molecule has 1 heterocycles. The Labute approximate surface area is 115 Å². The smallest absolute Gasteiger partial charge is 0.122 e. The fourth-order valence-corrected chi connectivity index (χ4v) is 1.57. The van der Waals surface area contributed by atoms with E-state index >= 15 is 0 Å². The van der Waals surface area contributed by atoms with Gasteiger partial charge in [-0.25, -0.2) is 4.98 Å². The number of imidazole rings is 1. The van der Waals surface area contributed by atoms with Crippen LogP contribution in [0.4, 0.5) is 0 Å². The molecule has 1 aromatic rings. The second-order valence-corrected chi connectivity index (χ2v) is 4.03. The lowest BCUT2D eigenvalue weighted by Gasteiger charge is -2.09. The highest BCUT2D eigenvalue weighted by atomic mass is 16.5. The molecule has 0 bridgehead atoms. The highest BCUT2D eigenvalue weighted by Gasteiger charge is 2.01. The van der Waals surface area contributed by atoms with Gasteiger partial charge in [0.2, 0.25) is 0 Å². The molecule has 0 aliphatic carbocycles. The SMILES string of the molecule is CCNCc1nccn1CCOCCOCCOC. The summed E-state index contributed by atoms with van der Waals surface area (Å²) in [6.45, 7) is 7.78. The first kappa shape index (κ1) is 16.1. The molecule has 0 unspecified atom stereocenters. The van der Waals surface area contributed by atoms with Crippen molar-refractivity contribution >= 4 is 0 Å². The molecule has 0 atom stereocenters. The number of methoxy groups -OCH3 is 1. The van der Waals surface area contributed by atoms with Crippen LogP contribution in [-0.2, 0) is 27.3 Å². The summed E-state index contributed by atoms with van der Waals surface area (Å²) in [7, 11) is 1.66. The molecule has 0 radical (unpaired) electrons. The van der Waals surface area contributed by atoms with Gasteiger partial charge < -0.3 is 24.1 Å². The molecule has 0 aromatic carbocycles. The quantitative estimate of drug-likeness (QED) is 0.566. The lowest BCUT2D eigenvalue weighted by molar-refractivity contribution is 0.0229. The molecule has 6 nitrogen and oxygen atoms in total. The normalized spacial score (nSPS) is 11.1. The summed E-state index contributed by atoms with van der Waals surface area (Å²) in [5, 5.41) is 3.27. The molecule has 1 N–H and O–H groups in total. The number of hydrogen-bond acceptors (Lipinski definition) is 5. The molecule has 0 aliphatic rings. The van der Waals surface area contributed by atoms with Gasteiger partial charge in [0.1, 0.15) is 5.82 Å². The van der Waals surface area contributed by atoms with Gasteiger partial charge in [0.25, 0.3) is 0 Å². The molecule has 1 aromatic heterocycles. The molecule has 110 valence electrons. The third-order valence-electron chi connectivity index (χ3n) is 2.62. The summed E-state index contributed by atoms with van der Waals surface area (Å²) >= 11 is 0. The minimum absolute atomic E-state index is 0.609. The summed E-state index contributed by atoms with van der Waals surface area (Å²) in [5.41, 5.74) is 0. The topological polar surface area (TPSA) is 57.5 Å². The summed E-state index contributed by atoms with van der Waals surface area (Å²) in [5.74, 6) is 1.04. The predicted octanol–water partition coefficient (Wildman–Crippen LogP) is 0.672. The molecule has 0 amide bonds. The van der Waals surface area contributed by atoms with Gasteiger partial charge in [0.05, 0.1) is 39.6 Å². The van der Waals surface area contributed by atoms with Gasteiger partial charge in [0, 0.05) is 26.0 Å². The Bertz CT molecular complexity index is 318. The monoisotopic (exact) mass is 271 g/mol. The molecule has 1 rings (SSSR count). The Kier molecular flexibility index (Phi) is 9.26. The lowest BCUT2D eigenvalue weighted by Crippen LogP contribution is -2.18. The van der Waals surface area contributed by atoms with Gasteiger partial charge in [-0.3, -0.25) is 0 Å². The highest BCUT2D eigenvalue weighted by molar-refractivity contribution is 4.91. The van der Waals surface area contributed by atoms with Crippen LogP contribution in [0.3, 0.4) is 0 Å². The number of rotatable bonds is 12. The second-order valence-electron chi connectivity index (χ2n) is 4.03. The molecular formula is C13H25N3O3. The van der Waals surface area contributed by atoms with Gasteiger partial charge in [-0.15, -0.1) is 0 Å². The zero-order chi connectivity index (χ0) is 13.8. The third-order valence-corrected chi connectivity index (χ3v) is 2.62. The van der Waals surface area contributed by atoms with Gasteiger partial charge in [0.15, 0.2) is 0 Å².